The molecule has 8 heteroatoms. The summed E-state index contributed by atoms with van der Waals surface area (Å²) < 4.78 is 48.4. The molecular formula is C22H31FN2O4S. The number of carbonyl (C=O) groups excluding carboxylic acids is 1. The molecule has 1 saturated heterocycles. The summed E-state index contributed by atoms with van der Waals surface area (Å²) in [5.74, 6) is -0.361. The van der Waals surface area contributed by atoms with Crippen molar-refractivity contribution in [3.63, 3.8) is 0 Å². The third-order valence-electron chi connectivity index (χ3n) is 7.39. The second-order valence-corrected chi connectivity index (χ2v) is 11.1. The Morgan fingerprint density at radius 2 is 1.93 bits per heavy atom. The van der Waals surface area contributed by atoms with E-state index in [2.05, 4.69) is 0 Å². The van der Waals surface area contributed by atoms with Crippen LogP contribution in [0.15, 0.2) is 12.1 Å². The van der Waals surface area contributed by atoms with Gasteiger partial charge in [0, 0.05) is 20.6 Å². The van der Waals surface area contributed by atoms with Gasteiger partial charge in [0.05, 0.1) is 12.2 Å². The predicted molar refractivity (Wildman–Crippen MR) is 112 cm³/mol. The summed E-state index contributed by atoms with van der Waals surface area (Å²) in [7, 11) is -3.91. The van der Waals surface area contributed by atoms with Crippen molar-refractivity contribution in [2.24, 2.45) is 11.3 Å². The van der Waals surface area contributed by atoms with Crippen LogP contribution in [0, 0.1) is 17.2 Å². The Kier molecular flexibility index (Phi) is 5.05. The van der Waals surface area contributed by atoms with E-state index in [1.807, 2.05) is 4.72 Å². The van der Waals surface area contributed by atoms with Gasteiger partial charge in [-0.2, -0.15) is 12.7 Å². The van der Waals surface area contributed by atoms with E-state index in [1.54, 1.807) is 0 Å². The third kappa shape index (κ3) is 3.84. The average molecular weight is 439 g/mol. The number of rotatable bonds is 7. The Morgan fingerprint density at radius 1 is 1.20 bits per heavy atom. The predicted octanol–water partition coefficient (Wildman–Crippen LogP) is 3.98. The highest BCUT2D eigenvalue weighted by Crippen LogP contribution is 2.61. The van der Waals surface area contributed by atoms with Crippen molar-refractivity contribution in [3.8, 4) is 5.75 Å². The quantitative estimate of drug-likeness (QED) is 0.699. The second-order valence-electron chi connectivity index (χ2n) is 9.47. The topological polar surface area (TPSA) is 75.7 Å². The SMILES string of the molecule is O=C(NS(=O)(=O)N1CCC1)c1cc(C2CC2)c(OCC2CC23CCCCC3)cc1F.[HH]. The van der Waals surface area contributed by atoms with Crippen LogP contribution in [0.3, 0.4) is 0 Å². The highest BCUT2D eigenvalue weighted by Gasteiger charge is 2.53. The summed E-state index contributed by atoms with van der Waals surface area (Å²) in [4.78, 5) is 12.5. The molecular weight excluding hydrogens is 407 g/mol. The van der Waals surface area contributed by atoms with Crippen LogP contribution in [0.4, 0.5) is 4.39 Å². The van der Waals surface area contributed by atoms with Crippen molar-refractivity contribution >= 4 is 16.1 Å². The highest BCUT2D eigenvalue weighted by atomic mass is 32.2. The summed E-state index contributed by atoms with van der Waals surface area (Å²) in [6.45, 7) is 1.36. The Labute approximate surface area is 178 Å². The van der Waals surface area contributed by atoms with E-state index in [0.717, 1.165) is 24.8 Å². The van der Waals surface area contributed by atoms with Gasteiger partial charge in [-0.15, -0.1) is 0 Å². The van der Waals surface area contributed by atoms with Crippen molar-refractivity contribution < 1.29 is 23.8 Å². The molecule has 0 bridgehead atoms. The number of hydrogen-bond donors (Lipinski definition) is 1. The molecule has 4 aliphatic rings. The summed E-state index contributed by atoms with van der Waals surface area (Å²) >= 11 is 0. The second kappa shape index (κ2) is 7.48. The first-order valence-corrected chi connectivity index (χ1v) is 12.6. The van der Waals surface area contributed by atoms with Gasteiger partial charge in [0.15, 0.2) is 0 Å². The molecule has 1 N–H and O–H groups in total. The van der Waals surface area contributed by atoms with Crippen LogP contribution in [0.2, 0.25) is 0 Å². The lowest BCUT2D eigenvalue weighted by Gasteiger charge is -2.29. The molecule has 5 rings (SSSR count). The lowest BCUT2D eigenvalue weighted by molar-refractivity contribution is 0.0973. The van der Waals surface area contributed by atoms with Crippen molar-refractivity contribution in [1.29, 1.82) is 0 Å². The smallest absolute Gasteiger partial charge is 0.304 e. The number of nitrogens with one attached hydrogen (secondary N) is 1. The molecule has 1 aromatic rings. The van der Waals surface area contributed by atoms with Gasteiger partial charge in [-0.1, -0.05) is 19.3 Å². The molecule has 1 unspecified atom stereocenters. The zero-order chi connectivity index (χ0) is 20.9. The molecule has 0 radical (unpaired) electrons. The Hall–Kier alpha value is -1.67. The summed E-state index contributed by atoms with van der Waals surface area (Å²) in [6, 6.07) is 2.77. The first-order valence-electron chi connectivity index (χ1n) is 11.2. The van der Waals surface area contributed by atoms with Crippen LogP contribution in [0.25, 0.3) is 0 Å². The Bertz CT molecular complexity index is 957. The van der Waals surface area contributed by atoms with E-state index < -0.39 is 21.9 Å². The minimum absolute atomic E-state index is 0. The van der Waals surface area contributed by atoms with Gasteiger partial charge < -0.3 is 4.74 Å². The maximum absolute atomic E-state index is 14.8. The molecule has 3 aliphatic carbocycles. The monoisotopic (exact) mass is 438 g/mol. The summed E-state index contributed by atoms with van der Waals surface area (Å²) in [6.07, 6.45) is 10.4. The first kappa shape index (κ1) is 20.2. The largest absolute Gasteiger partial charge is 0.493 e. The zero-order valence-electron chi connectivity index (χ0n) is 17.2. The molecule has 4 fully saturated rings. The van der Waals surface area contributed by atoms with Crippen LogP contribution in [0.5, 0.6) is 5.75 Å². The van der Waals surface area contributed by atoms with E-state index in [9.17, 15) is 17.6 Å². The molecule has 30 heavy (non-hydrogen) atoms. The van der Waals surface area contributed by atoms with Gasteiger partial charge in [-0.05, 0) is 67.4 Å². The molecule has 1 aliphatic heterocycles. The Balaban J connectivity index is 0.00000231. The minimum Gasteiger partial charge on any atom is -0.493 e. The van der Waals surface area contributed by atoms with Crippen LogP contribution in [-0.2, 0) is 10.2 Å². The van der Waals surface area contributed by atoms with Gasteiger partial charge in [0.1, 0.15) is 11.6 Å². The van der Waals surface area contributed by atoms with Crippen molar-refractivity contribution in [3.05, 3.63) is 29.1 Å². The van der Waals surface area contributed by atoms with E-state index in [1.165, 1.54) is 55.0 Å². The van der Waals surface area contributed by atoms with E-state index in [4.69, 9.17) is 4.74 Å². The van der Waals surface area contributed by atoms with Gasteiger partial charge >= 0.3 is 10.2 Å². The molecule has 166 valence electrons. The Morgan fingerprint density at radius 3 is 2.57 bits per heavy atom. The summed E-state index contributed by atoms with van der Waals surface area (Å²) in [5, 5.41) is 0. The van der Waals surface area contributed by atoms with Crippen molar-refractivity contribution in [1.82, 2.24) is 9.03 Å². The molecule has 1 heterocycles. The maximum Gasteiger partial charge on any atom is 0.304 e. The van der Waals surface area contributed by atoms with E-state index in [-0.39, 0.29) is 12.9 Å². The number of hydrogen-bond acceptors (Lipinski definition) is 4. The standard InChI is InChI=1S/C22H29FN2O4S.H2/c23-19-12-20(29-14-16-13-22(16)7-2-1-3-8-22)17(15-5-6-15)11-18(19)21(26)24-30(27,28)25-9-4-10-25;/h11-12,15-16H,1-10,13-14H2,(H,24,26);1H. The van der Waals surface area contributed by atoms with E-state index >= 15 is 0 Å². The molecule has 1 aromatic carbocycles. The average Bonchev–Trinajstić information content (AvgIpc) is 3.56. The molecule has 6 nitrogen and oxygen atoms in total. The third-order valence-corrected chi connectivity index (χ3v) is 8.87. The number of nitrogens with zero attached hydrogens (tertiary/aromatic N) is 1. The number of ether oxygens (including phenoxy) is 1. The van der Waals surface area contributed by atoms with Gasteiger partial charge in [0.25, 0.3) is 5.91 Å². The number of amides is 1. The van der Waals surface area contributed by atoms with Gasteiger partial charge in [0.2, 0.25) is 0 Å². The van der Waals surface area contributed by atoms with Gasteiger partial charge in [-0.3, -0.25) is 4.79 Å². The van der Waals surface area contributed by atoms with Crippen molar-refractivity contribution in [2.75, 3.05) is 19.7 Å². The molecule has 0 aromatic heterocycles. The van der Waals surface area contributed by atoms with E-state index in [0.29, 0.717) is 36.8 Å². The zero-order valence-corrected chi connectivity index (χ0v) is 18.0. The molecule has 1 spiro atoms. The lowest BCUT2D eigenvalue weighted by atomic mass is 9.84. The number of halogens is 1. The molecule has 1 amide bonds. The maximum atomic E-state index is 14.8. The molecule has 1 atom stereocenters. The number of carbonyl (C=O) groups is 1. The molecule has 3 saturated carbocycles. The normalized spacial score (nSPS) is 25.6. The van der Waals surface area contributed by atoms with Crippen LogP contribution < -0.4 is 9.46 Å². The fourth-order valence-electron chi connectivity index (χ4n) is 5.07. The van der Waals surface area contributed by atoms with Crippen LogP contribution >= 0.6 is 0 Å². The summed E-state index contributed by atoms with van der Waals surface area (Å²) in [5.41, 5.74) is 1.03. The highest BCUT2D eigenvalue weighted by molar-refractivity contribution is 7.87. The van der Waals surface area contributed by atoms with Gasteiger partial charge in [-0.25, -0.2) is 9.11 Å². The fourth-order valence-corrected chi connectivity index (χ4v) is 6.29. The van der Waals surface area contributed by atoms with Crippen LogP contribution in [0.1, 0.15) is 81.1 Å². The van der Waals surface area contributed by atoms with Crippen molar-refractivity contribution in [2.45, 2.75) is 63.7 Å². The fraction of sp³-hybridized carbons (Fsp3) is 0.682. The lowest BCUT2D eigenvalue weighted by Crippen LogP contribution is -2.49. The number of benzene rings is 1. The van der Waals surface area contributed by atoms with Crippen LogP contribution in [-0.4, -0.2) is 38.3 Å². The minimum atomic E-state index is -3.91. The first-order chi connectivity index (χ1) is 14.4.